The highest BCUT2D eigenvalue weighted by Gasteiger charge is 2.13. The van der Waals surface area contributed by atoms with Crippen LogP contribution in [-0.2, 0) is 20.7 Å². The number of amides is 1. The van der Waals surface area contributed by atoms with Crippen LogP contribution in [0.3, 0.4) is 0 Å². The van der Waals surface area contributed by atoms with Gasteiger partial charge in [-0.2, -0.15) is 0 Å². The number of hydrogen-bond donors (Lipinski definition) is 2. The van der Waals surface area contributed by atoms with Crippen molar-refractivity contribution in [3.8, 4) is 0 Å². The van der Waals surface area contributed by atoms with E-state index in [9.17, 15) is 9.59 Å². The molecule has 0 radical (unpaired) electrons. The van der Waals surface area contributed by atoms with E-state index in [1.807, 2.05) is 49.5 Å². The Hall–Kier alpha value is -2.79. The molecule has 0 spiro atoms. The third kappa shape index (κ3) is 5.11. The van der Waals surface area contributed by atoms with Gasteiger partial charge in [0.1, 0.15) is 0 Å². The molecule has 0 bridgehead atoms. The monoisotopic (exact) mass is 384 g/mol. The number of esters is 1. The molecule has 140 valence electrons. The van der Waals surface area contributed by atoms with Gasteiger partial charge in [-0.25, -0.2) is 0 Å². The highest BCUT2D eigenvalue weighted by molar-refractivity contribution is 6.30. The molecule has 0 unspecified atom stereocenters. The van der Waals surface area contributed by atoms with Crippen LogP contribution in [0.15, 0.2) is 54.7 Å². The molecule has 0 saturated heterocycles. The third-order valence-corrected chi connectivity index (χ3v) is 4.60. The Morgan fingerprint density at radius 1 is 1.19 bits per heavy atom. The van der Waals surface area contributed by atoms with Crippen molar-refractivity contribution in [3.05, 3.63) is 70.9 Å². The zero-order chi connectivity index (χ0) is 19.2. The first-order chi connectivity index (χ1) is 13.0. The first-order valence-electron chi connectivity index (χ1n) is 8.78. The summed E-state index contributed by atoms with van der Waals surface area (Å²) in [4.78, 5) is 27.1. The largest absolute Gasteiger partial charge is 0.456 e. The first kappa shape index (κ1) is 19.0. The average molecular weight is 385 g/mol. The van der Waals surface area contributed by atoms with Crippen LogP contribution in [0.4, 0.5) is 0 Å². The molecule has 0 aliphatic carbocycles. The maximum Gasteiger partial charge on any atom is 0.306 e. The molecule has 2 aromatic carbocycles. The standard InChI is InChI=1S/C21H21ClN2O3/c1-14(15-5-4-6-17(22)11-15)24-20(25)13-27-21(26)10-9-16-12-23-19-8-3-2-7-18(16)19/h2-8,11-12,14,23H,9-10,13H2,1H3,(H,24,25)/t14-/m0/s1. The second-order valence-electron chi connectivity index (χ2n) is 6.36. The van der Waals surface area contributed by atoms with E-state index in [2.05, 4.69) is 10.3 Å². The van der Waals surface area contributed by atoms with Crippen molar-refractivity contribution in [1.82, 2.24) is 10.3 Å². The highest BCUT2D eigenvalue weighted by atomic mass is 35.5. The molecule has 27 heavy (non-hydrogen) atoms. The van der Waals surface area contributed by atoms with Gasteiger partial charge in [0.25, 0.3) is 5.91 Å². The van der Waals surface area contributed by atoms with Gasteiger partial charge in [-0.3, -0.25) is 9.59 Å². The van der Waals surface area contributed by atoms with Crippen LogP contribution in [0.2, 0.25) is 5.02 Å². The second-order valence-corrected chi connectivity index (χ2v) is 6.80. The number of carbonyl (C=O) groups excluding carboxylic acids is 2. The van der Waals surface area contributed by atoms with Crippen LogP contribution in [0, 0.1) is 0 Å². The van der Waals surface area contributed by atoms with Gasteiger partial charge in [0.2, 0.25) is 0 Å². The van der Waals surface area contributed by atoms with Crippen LogP contribution in [0.1, 0.15) is 30.5 Å². The number of para-hydroxylation sites is 1. The third-order valence-electron chi connectivity index (χ3n) is 4.36. The number of rotatable bonds is 7. The Morgan fingerprint density at radius 2 is 2.00 bits per heavy atom. The van der Waals surface area contributed by atoms with Gasteiger partial charge in [0, 0.05) is 28.5 Å². The Bertz CT molecular complexity index is 951. The summed E-state index contributed by atoms with van der Waals surface area (Å²) in [6.07, 6.45) is 2.68. The summed E-state index contributed by atoms with van der Waals surface area (Å²) in [6, 6.07) is 15.0. The summed E-state index contributed by atoms with van der Waals surface area (Å²) in [7, 11) is 0. The van der Waals surface area contributed by atoms with Crippen molar-refractivity contribution in [2.45, 2.75) is 25.8 Å². The number of aromatic nitrogens is 1. The van der Waals surface area contributed by atoms with E-state index in [4.69, 9.17) is 16.3 Å². The number of ether oxygens (including phenoxy) is 1. The van der Waals surface area contributed by atoms with Gasteiger partial charge in [-0.15, -0.1) is 0 Å². The van der Waals surface area contributed by atoms with Gasteiger partial charge in [0.05, 0.1) is 6.04 Å². The SMILES string of the molecule is C[C@H](NC(=O)COC(=O)CCc1c[nH]c2ccccc12)c1cccc(Cl)c1. The topological polar surface area (TPSA) is 71.2 Å². The maximum absolute atomic E-state index is 12.0. The van der Waals surface area contributed by atoms with E-state index in [0.717, 1.165) is 22.0 Å². The van der Waals surface area contributed by atoms with Crippen molar-refractivity contribution < 1.29 is 14.3 Å². The van der Waals surface area contributed by atoms with E-state index >= 15 is 0 Å². The number of halogens is 1. The van der Waals surface area contributed by atoms with E-state index < -0.39 is 5.97 Å². The van der Waals surface area contributed by atoms with Crippen molar-refractivity contribution >= 4 is 34.4 Å². The number of fused-ring (bicyclic) bond motifs is 1. The van der Waals surface area contributed by atoms with Crippen molar-refractivity contribution in [2.75, 3.05) is 6.61 Å². The molecule has 0 saturated carbocycles. The molecular formula is C21H21ClN2O3. The smallest absolute Gasteiger partial charge is 0.306 e. The van der Waals surface area contributed by atoms with Crippen molar-refractivity contribution in [2.24, 2.45) is 0 Å². The molecule has 2 N–H and O–H groups in total. The number of aromatic amines is 1. The van der Waals surface area contributed by atoms with Crippen LogP contribution in [0.5, 0.6) is 0 Å². The predicted molar refractivity (Wildman–Crippen MR) is 106 cm³/mol. The summed E-state index contributed by atoms with van der Waals surface area (Å²) in [6.45, 7) is 1.56. The zero-order valence-corrected chi connectivity index (χ0v) is 15.8. The maximum atomic E-state index is 12.0. The zero-order valence-electron chi connectivity index (χ0n) is 15.0. The summed E-state index contributed by atoms with van der Waals surface area (Å²) in [5.41, 5.74) is 2.98. The molecule has 1 amide bonds. The fraction of sp³-hybridized carbons (Fsp3) is 0.238. The molecule has 0 fully saturated rings. The molecule has 1 heterocycles. The second kappa shape index (κ2) is 8.73. The van der Waals surface area contributed by atoms with Crippen LogP contribution < -0.4 is 5.32 Å². The minimum absolute atomic E-state index is 0.221. The number of aryl methyl sites for hydroxylation is 1. The highest BCUT2D eigenvalue weighted by Crippen LogP contribution is 2.19. The minimum Gasteiger partial charge on any atom is -0.456 e. The molecule has 1 aromatic heterocycles. The van der Waals surface area contributed by atoms with E-state index in [1.165, 1.54) is 0 Å². The Balaban J connectivity index is 1.44. The molecule has 5 nitrogen and oxygen atoms in total. The number of benzene rings is 2. The predicted octanol–water partition coefficient (Wildman–Crippen LogP) is 4.17. The summed E-state index contributed by atoms with van der Waals surface area (Å²) in [5, 5.41) is 4.50. The first-order valence-corrected chi connectivity index (χ1v) is 9.16. The molecule has 6 heteroatoms. The lowest BCUT2D eigenvalue weighted by Crippen LogP contribution is -2.31. The number of carbonyl (C=O) groups is 2. The fourth-order valence-electron chi connectivity index (χ4n) is 2.94. The molecule has 1 atom stereocenters. The van der Waals surface area contributed by atoms with Gasteiger partial charge in [0.15, 0.2) is 6.61 Å². The lowest BCUT2D eigenvalue weighted by molar-refractivity contribution is -0.148. The fourth-order valence-corrected chi connectivity index (χ4v) is 3.13. The Kier molecular flexibility index (Phi) is 6.14. The van der Waals surface area contributed by atoms with E-state index in [-0.39, 0.29) is 25.0 Å². The van der Waals surface area contributed by atoms with Crippen LogP contribution >= 0.6 is 11.6 Å². The lowest BCUT2D eigenvalue weighted by Gasteiger charge is -2.14. The van der Waals surface area contributed by atoms with E-state index in [1.54, 1.807) is 12.1 Å². The number of hydrogen-bond acceptors (Lipinski definition) is 3. The molecular weight excluding hydrogens is 364 g/mol. The molecule has 3 aromatic rings. The van der Waals surface area contributed by atoms with Gasteiger partial charge < -0.3 is 15.0 Å². The molecule has 3 rings (SSSR count). The van der Waals surface area contributed by atoms with Crippen molar-refractivity contribution in [1.29, 1.82) is 0 Å². The Labute approximate surface area is 162 Å². The van der Waals surface area contributed by atoms with Gasteiger partial charge in [-0.1, -0.05) is 41.9 Å². The summed E-state index contributed by atoms with van der Waals surface area (Å²) >= 11 is 5.96. The van der Waals surface area contributed by atoms with Gasteiger partial charge >= 0.3 is 5.97 Å². The molecule has 0 aliphatic heterocycles. The van der Waals surface area contributed by atoms with Crippen molar-refractivity contribution in [3.63, 3.8) is 0 Å². The van der Waals surface area contributed by atoms with Crippen LogP contribution in [0.25, 0.3) is 10.9 Å². The Morgan fingerprint density at radius 3 is 2.81 bits per heavy atom. The minimum atomic E-state index is -0.397. The summed E-state index contributed by atoms with van der Waals surface area (Å²) in [5.74, 6) is -0.742. The summed E-state index contributed by atoms with van der Waals surface area (Å²) < 4.78 is 5.09. The quantitative estimate of drug-likeness (QED) is 0.600. The van der Waals surface area contributed by atoms with Gasteiger partial charge in [-0.05, 0) is 42.7 Å². The normalized spacial score (nSPS) is 11.9. The molecule has 0 aliphatic rings. The van der Waals surface area contributed by atoms with Crippen LogP contribution in [-0.4, -0.2) is 23.5 Å². The van der Waals surface area contributed by atoms with E-state index in [0.29, 0.717) is 11.4 Å². The number of H-pyrrole nitrogens is 1. The number of nitrogens with one attached hydrogen (secondary N) is 2. The average Bonchev–Trinajstić information content (AvgIpc) is 3.08. The lowest BCUT2D eigenvalue weighted by atomic mass is 10.1.